The molecule has 29 heavy (non-hydrogen) atoms. The van der Waals surface area contributed by atoms with Gasteiger partial charge in [-0.1, -0.05) is 50.2 Å². The van der Waals surface area contributed by atoms with Gasteiger partial charge >= 0.3 is 6.09 Å². The molecule has 5 heteroatoms. The summed E-state index contributed by atoms with van der Waals surface area (Å²) < 4.78 is 0. The molecule has 3 rings (SSSR count). The lowest BCUT2D eigenvalue weighted by atomic mass is 9.75. The molecule has 0 saturated heterocycles. The lowest BCUT2D eigenvalue weighted by Crippen LogP contribution is -2.42. The zero-order valence-electron chi connectivity index (χ0n) is 17.4. The number of rotatable bonds is 5. The lowest BCUT2D eigenvalue weighted by molar-refractivity contribution is 0.0852. The van der Waals surface area contributed by atoms with Crippen LogP contribution >= 0.6 is 0 Å². The van der Waals surface area contributed by atoms with E-state index in [4.69, 9.17) is 5.73 Å². The van der Waals surface area contributed by atoms with Crippen molar-refractivity contribution in [3.8, 4) is 11.1 Å². The maximum atomic E-state index is 11.9. The van der Waals surface area contributed by atoms with E-state index in [0.717, 1.165) is 47.9 Å². The molecule has 0 bridgehead atoms. The molecule has 1 aliphatic carbocycles. The SMILES string of the molecule is Cc1c(C(N)=O)cccc1-c1ccc(CN(C(=O)O)C2CCC(C)(C)CC2)cc1. The van der Waals surface area contributed by atoms with Gasteiger partial charge in [0.25, 0.3) is 0 Å². The number of carbonyl (C=O) groups excluding carboxylic acids is 1. The smallest absolute Gasteiger partial charge is 0.407 e. The van der Waals surface area contributed by atoms with Gasteiger partial charge in [0.2, 0.25) is 5.91 Å². The van der Waals surface area contributed by atoms with Gasteiger partial charge in [-0.25, -0.2) is 4.79 Å². The Morgan fingerprint density at radius 2 is 1.72 bits per heavy atom. The number of amides is 2. The van der Waals surface area contributed by atoms with Gasteiger partial charge in [0.05, 0.1) is 0 Å². The second-order valence-electron chi connectivity index (χ2n) is 8.85. The summed E-state index contributed by atoms with van der Waals surface area (Å²) in [7, 11) is 0. The van der Waals surface area contributed by atoms with E-state index in [-0.39, 0.29) is 6.04 Å². The average molecular weight is 395 g/mol. The summed E-state index contributed by atoms with van der Waals surface area (Å²) >= 11 is 0. The largest absolute Gasteiger partial charge is 0.465 e. The Morgan fingerprint density at radius 3 is 2.28 bits per heavy atom. The first-order valence-corrected chi connectivity index (χ1v) is 10.2. The number of nitrogens with zero attached hydrogens (tertiary/aromatic N) is 1. The Bertz CT molecular complexity index is 893. The van der Waals surface area contributed by atoms with Crippen molar-refractivity contribution in [2.24, 2.45) is 11.1 Å². The van der Waals surface area contributed by atoms with Gasteiger partial charge in [-0.15, -0.1) is 0 Å². The fraction of sp³-hybridized carbons (Fsp3) is 0.417. The van der Waals surface area contributed by atoms with E-state index in [2.05, 4.69) is 13.8 Å². The first-order valence-electron chi connectivity index (χ1n) is 10.2. The van der Waals surface area contributed by atoms with Gasteiger partial charge in [0, 0.05) is 18.2 Å². The molecule has 0 atom stereocenters. The number of hydrogen-bond donors (Lipinski definition) is 2. The van der Waals surface area contributed by atoms with Crippen LogP contribution in [0.2, 0.25) is 0 Å². The molecule has 2 aromatic carbocycles. The Balaban J connectivity index is 1.77. The predicted molar refractivity (Wildman–Crippen MR) is 115 cm³/mol. The molecule has 154 valence electrons. The molecule has 0 unspecified atom stereocenters. The Labute approximate surface area is 172 Å². The van der Waals surface area contributed by atoms with Crippen LogP contribution in [0.1, 0.15) is 61.0 Å². The highest BCUT2D eigenvalue weighted by molar-refractivity contribution is 5.96. The van der Waals surface area contributed by atoms with Crippen LogP contribution in [0.25, 0.3) is 11.1 Å². The molecular formula is C24H30N2O3. The normalized spacial score (nSPS) is 16.4. The molecule has 0 aliphatic heterocycles. The average Bonchev–Trinajstić information content (AvgIpc) is 2.67. The van der Waals surface area contributed by atoms with Crippen molar-refractivity contribution < 1.29 is 14.7 Å². The van der Waals surface area contributed by atoms with Crippen molar-refractivity contribution in [2.75, 3.05) is 0 Å². The number of nitrogens with two attached hydrogens (primary N) is 1. The maximum Gasteiger partial charge on any atom is 0.407 e. The van der Waals surface area contributed by atoms with E-state index in [0.29, 0.717) is 17.5 Å². The molecule has 1 fully saturated rings. The lowest BCUT2D eigenvalue weighted by Gasteiger charge is -2.39. The summed E-state index contributed by atoms with van der Waals surface area (Å²) in [4.78, 5) is 25.1. The van der Waals surface area contributed by atoms with Gasteiger partial charge in [-0.05, 0) is 66.3 Å². The first kappa shape index (κ1) is 20.9. The van der Waals surface area contributed by atoms with Gasteiger partial charge in [-0.2, -0.15) is 0 Å². The van der Waals surface area contributed by atoms with Crippen molar-refractivity contribution in [3.05, 3.63) is 59.2 Å². The molecule has 2 aromatic rings. The third-order valence-electron chi connectivity index (χ3n) is 6.21. The van der Waals surface area contributed by atoms with Gasteiger partial charge < -0.3 is 15.7 Å². The van der Waals surface area contributed by atoms with Crippen LogP contribution < -0.4 is 5.73 Å². The zero-order valence-corrected chi connectivity index (χ0v) is 17.4. The Hall–Kier alpha value is -2.82. The van der Waals surface area contributed by atoms with E-state index in [1.165, 1.54) is 0 Å². The Kier molecular flexibility index (Phi) is 5.96. The highest BCUT2D eigenvalue weighted by Crippen LogP contribution is 2.37. The molecule has 0 heterocycles. The van der Waals surface area contributed by atoms with E-state index in [1.54, 1.807) is 11.0 Å². The standard InChI is InChI=1S/C24H30N2O3/c1-16-20(5-4-6-21(16)22(25)27)18-9-7-17(8-10-18)15-26(23(28)29)19-11-13-24(2,3)14-12-19/h4-10,19H,11-15H2,1-3H3,(H2,25,27)(H,28,29). The highest BCUT2D eigenvalue weighted by Gasteiger charge is 2.32. The van der Waals surface area contributed by atoms with Crippen molar-refractivity contribution in [2.45, 2.75) is 59.0 Å². The number of carboxylic acid groups (broad SMARTS) is 1. The molecule has 2 amide bonds. The molecule has 0 radical (unpaired) electrons. The summed E-state index contributed by atoms with van der Waals surface area (Å²) in [5.74, 6) is -0.436. The molecule has 1 saturated carbocycles. The monoisotopic (exact) mass is 394 g/mol. The third-order valence-corrected chi connectivity index (χ3v) is 6.21. The maximum absolute atomic E-state index is 11.9. The number of hydrogen-bond acceptors (Lipinski definition) is 2. The fourth-order valence-electron chi connectivity index (χ4n) is 4.25. The van der Waals surface area contributed by atoms with Crippen molar-refractivity contribution in [1.29, 1.82) is 0 Å². The first-order chi connectivity index (χ1) is 13.7. The van der Waals surface area contributed by atoms with Crippen LogP contribution in [0.4, 0.5) is 4.79 Å². The summed E-state index contributed by atoms with van der Waals surface area (Å²) in [5, 5.41) is 9.75. The van der Waals surface area contributed by atoms with Crippen LogP contribution in [-0.4, -0.2) is 28.0 Å². The van der Waals surface area contributed by atoms with Crippen molar-refractivity contribution >= 4 is 12.0 Å². The quantitative estimate of drug-likeness (QED) is 0.730. The summed E-state index contributed by atoms with van der Waals surface area (Å²) in [6.45, 7) is 6.78. The predicted octanol–water partition coefficient (Wildman–Crippen LogP) is 5.21. The topological polar surface area (TPSA) is 83.6 Å². The fourth-order valence-corrected chi connectivity index (χ4v) is 4.25. The van der Waals surface area contributed by atoms with E-state index in [1.807, 2.05) is 43.3 Å². The van der Waals surface area contributed by atoms with Crippen molar-refractivity contribution in [3.63, 3.8) is 0 Å². The minimum absolute atomic E-state index is 0.0784. The zero-order chi connectivity index (χ0) is 21.2. The number of benzene rings is 2. The van der Waals surface area contributed by atoms with E-state index in [9.17, 15) is 14.7 Å². The molecular weight excluding hydrogens is 364 g/mol. The molecule has 0 aromatic heterocycles. The van der Waals surface area contributed by atoms with Crippen LogP contribution in [0.5, 0.6) is 0 Å². The molecule has 5 nitrogen and oxygen atoms in total. The van der Waals surface area contributed by atoms with Crippen LogP contribution in [0.3, 0.4) is 0 Å². The minimum atomic E-state index is -0.858. The van der Waals surface area contributed by atoms with Crippen molar-refractivity contribution in [1.82, 2.24) is 4.90 Å². The van der Waals surface area contributed by atoms with Crippen LogP contribution in [0, 0.1) is 12.3 Å². The summed E-state index contributed by atoms with van der Waals surface area (Å²) in [5.41, 5.74) is 10.0. The Morgan fingerprint density at radius 1 is 1.10 bits per heavy atom. The van der Waals surface area contributed by atoms with Crippen LogP contribution in [-0.2, 0) is 6.54 Å². The molecule has 1 aliphatic rings. The second-order valence-corrected chi connectivity index (χ2v) is 8.85. The molecule has 3 N–H and O–H groups in total. The van der Waals surface area contributed by atoms with Crippen LogP contribution in [0.15, 0.2) is 42.5 Å². The summed E-state index contributed by atoms with van der Waals surface area (Å²) in [6.07, 6.45) is 3.07. The van der Waals surface area contributed by atoms with Gasteiger partial charge in [-0.3, -0.25) is 4.79 Å². The summed E-state index contributed by atoms with van der Waals surface area (Å²) in [6, 6.07) is 13.5. The van der Waals surface area contributed by atoms with Gasteiger partial charge in [0.15, 0.2) is 0 Å². The minimum Gasteiger partial charge on any atom is -0.465 e. The third kappa shape index (κ3) is 4.78. The van der Waals surface area contributed by atoms with E-state index < -0.39 is 12.0 Å². The number of primary amides is 1. The van der Waals surface area contributed by atoms with E-state index >= 15 is 0 Å². The second kappa shape index (κ2) is 8.27. The number of carbonyl (C=O) groups is 2. The van der Waals surface area contributed by atoms with Gasteiger partial charge in [0.1, 0.15) is 0 Å². The molecule has 0 spiro atoms. The highest BCUT2D eigenvalue weighted by atomic mass is 16.4.